The van der Waals surface area contributed by atoms with Crippen molar-refractivity contribution < 1.29 is 13.6 Å². The number of hydrogen-bond acceptors (Lipinski definition) is 4. The fourth-order valence-electron chi connectivity index (χ4n) is 1.69. The fraction of sp³-hybridized carbons (Fsp3) is 1.00. The lowest BCUT2D eigenvalue weighted by atomic mass is 10.1. The summed E-state index contributed by atoms with van der Waals surface area (Å²) in [5.74, 6) is 0. The Labute approximate surface area is 112 Å². The van der Waals surface area contributed by atoms with Gasteiger partial charge in [0, 0.05) is 19.5 Å². The van der Waals surface area contributed by atoms with Gasteiger partial charge in [0.2, 0.25) is 0 Å². The Bertz CT molecular complexity index is 216. The molecule has 1 atom stereocenters. The van der Waals surface area contributed by atoms with Gasteiger partial charge in [-0.3, -0.25) is 4.57 Å². The number of rotatable bonds is 11. The molecule has 0 aliphatic heterocycles. The van der Waals surface area contributed by atoms with Gasteiger partial charge in [0.25, 0.3) is 0 Å². The molecule has 0 fully saturated rings. The van der Waals surface area contributed by atoms with Gasteiger partial charge in [-0.05, 0) is 12.8 Å². The Morgan fingerprint density at radius 3 is 2.18 bits per heavy atom. The summed E-state index contributed by atoms with van der Waals surface area (Å²) in [6, 6.07) is 0. The average molecular weight is 282 g/mol. The maximum Gasteiger partial charge on any atom is 0.330 e. The SMILES string of the molecule is CCCCCCCC(S)CCP(=O)(OC)OC. The predicted molar refractivity (Wildman–Crippen MR) is 77.3 cm³/mol. The third-order valence-electron chi connectivity index (χ3n) is 2.93. The molecule has 0 aromatic heterocycles. The molecule has 0 aromatic rings. The zero-order chi connectivity index (χ0) is 13.1. The molecule has 0 saturated carbocycles. The Morgan fingerprint density at radius 1 is 1.06 bits per heavy atom. The first-order valence-electron chi connectivity index (χ1n) is 6.46. The molecule has 1 unspecified atom stereocenters. The van der Waals surface area contributed by atoms with Crippen molar-refractivity contribution in [1.29, 1.82) is 0 Å². The van der Waals surface area contributed by atoms with Crippen LogP contribution in [0.25, 0.3) is 0 Å². The molecule has 0 bridgehead atoms. The van der Waals surface area contributed by atoms with E-state index in [4.69, 9.17) is 9.05 Å². The normalized spacial score (nSPS) is 13.9. The minimum atomic E-state index is -2.83. The zero-order valence-corrected chi connectivity index (χ0v) is 13.1. The molecule has 5 heteroatoms. The molecule has 3 nitrogen and oxygen atoms in total. The van der Waals surface area contributed by atoms with Crippen LogP contribution in [0.15, 0.2) is 0 Å². The van der Waals surface area contributed by atoms with E-state index in [1.165, 1.54) is 46.3 Å². The molecule has 0 aliphatic carbocycles. The van der Waals surface area contributed by atoms with E-state index < -0.39 is 7.60 Å². The molecule has 0 rings (SSSR count). The molecule has 0 saturated heterocycles. The van der Waals surface area contributed by atoms with Gasteiger partial charge >= 0.3 is 7.60 Å². The lowest BCUT2D eigenvalue weighted by Crippen LogP contribution is -2.04. The van der Waals surface area contributed by atoms with Gasteiger partial charge in [-0.15, -0.1) is 0 Å². The number of thiol groups is 1. The van der Waals surface area contributed by atoms with Crippen molar-refractivity contribution >= 4 is 20.2 Å². The van der Waals surface area contributed by atoms with Crippen LogP contribution in [-0.4, -0.2) is 25.6 Å². The topological polar surface area (TPSA) is 35.5 Å². The molecule has 0 N–H and O–H groups in total. The van der Waals surface area contributed by atoms with Crippen LogP contribution in [0, 0.1) is 0 Å². The van der Waals surface area contributed by atoms with E-state index >= 15 is 0 Å². The van der Waals surface area contributed by atoms with Crippen molar-refractivity contribution in [2.75, 3.05) is 20.4 Å². The van der Waals surface area contributed by atoms with E-state index in [1.807, 2.05) is 0 Å². The predicted octanol–water partition coefficient (Wildman–Crippen LogP) is 4.52. The van der Waals surface area contributed by atoms with Gasteiger partial charge < -0.3 is 9.05 Å². The summed E-state index contributed by atoms with van der Waals surface area (Å²) < 4.78 is 21.6. The Hall–Kier alpha value is 0.500. The van der Waals surface area contributed by atoms with Gasteiger partial charge in [0.15, 0.2) is 0 Å². The highest BCUT2D eigenvalue weighted by Crippen LogP contribution is 2.47. The lowest BCUT2D eigenvalue weighted by Gasteiger charge is -2.16. The van der Waals surface area contributed by atoms with Crippen LogP contribution in [0.1, 0.15) is 51.9 Å². The van der Waals surface area contributed by atoms with E-state index in [0.29, 0.717) is 11.4 Å². The lowest BCUT2D eigenvalue weighted by molar-refractivity contribution is 0.275. The van der Waals surface area contributed by atoms with E-state index in [2.05, 4.69) is 19.6 Å². The smallest absolute Gasteiger partial charge is 0.312 e. The Balaban J connectivity index is 3.58. The van der Waals surface area contributed by atoms with Gasteiger partial charge in [-0.1, -0.05) is 39.0 Å². The van der Waals surface area contributed by atoms with Crippen LogP contribution in [0.5, 0.6) is 0 Å². The Kier molecular flexibility index (Phi) is 10.7. The molecule has 17 heavy (non-hydrogen) atoms. The first-order valence-corrected chi connectivity index (χ1v) is 8.71. The summed E-state index contributed by atoms with van der Waals surface area (Å²) in [4.78, 5) is 0. The summed E-state index contributed by atoms with van der Waals surface area (Å²) in [6.07, 6.45) is 8.72. The highest BCUT2D eigenvalue weighted by Gasteiger charge is 2.21. The summed E-state index contributed by atoms with van der Waals surface area (Å²) in [6.45, 7) is 2.22. The van der Waals surface area contributed by atoms with E-state index in [-0.39, 0.29) is 0 Å². The number of unbranched alkanes of at least 4 members (excludes halogenated alkanes) is 4. The second-order valence-electron chi connectivity index (χ2n) is 4.35. The molecule has 0 aliphatic rings. The van der Waals surface area contributed by atoms with Crippen molar-refractivity contribution in [2.24, 2.45) is 0 Å². The molecular formula is C12H27O3PS. The highest BCUT2D eigenvalue weighted by atomic mass is 32.1. The summed E-state index contributed by atoms with van der Waals surface area (Å²) in [7, 11) is 0.0326. The average Bonchev–Trinajstić information content (AvgIpc) is 2.35. The largest absolute Gasteiger partial charge is 0.330 e. The van der Waals surface area contributed by atoms with Crippen LogP contribution in [-0.2, 0) is 13.6 Å². The summed E-state index contributed by atoms with van der Waals surface area (Å²) in [5.41, 5.74) is 0. The van der Waals surface area contributed by atoms with Crippen molar-refractivity contribution in [3.63, 3.8) is 0 Å². The number of hydrogen-bond donors (Lipinski definition) is 1. The van der Waals surface area contributed by atoms with E-state index in [0.717, 1.165) is 12.8 Å². The minimum absolute atomic E-state index is 0.301. The summed E-state index contributed by atoms with van der Waals surface area (Å²) in [5, 5.41) is 0.301. The quantitative estimate of drug-likeness (QED) is 0.344. The van der Waals surface area contributed by atoms with Gasteiger partial charge in [0.1, 0.15) is 0 Å². The van der Waals surface area contributed by atoms with E-state index in [1.54, 1.807) is 0 Å². The van der Waals surface area contributed by atoms with Crippen LogP contribution < -0.4 is 0 Å². The molecule has 0 spiro atoms. The first kappa shape index (κ1) is 17.5. The molecule has 104 valence electrons. The molecule has 0 heterocycles. The second kappa shape index (κ2) is 10.4. The van der Waals surface area contributed by atoms with Crippen molar-refractivity contribution in [3.8, 4) is 0 Å². The van der Waals surface area contributed by atoms with Crippen LogP contribution in [0.3, 0.4) is 0 Å². The van der Waals surface area contributed by atoms with Crippen molar-refractivity contribution in [3.05, 3.63) is 0 Å². The molecular weight excluding hydrogens is 255 g/mol. The van der Waals surface area contributed by atoms with Crippen LogP contribution >= 0.6 is 20.2 Å². The van der Waals surface area contributed by atoms with Crippen molar-refractivity contribution in [1.82, 2.24) is 0 Å². The van der Waals surface area contributed by atoms with Gasteiger partial charge in [-0.25, -0.2) is 0 Å². The molecule has 0 radical (unpaired) electrons. The highest BCUT2D eigenvalue weighted by molar-refractivity contribution is 7.81. The monoisotopic (exact) mass is 282 g/mol. The third-order valence-corrected chi connectivity index (χ3v) is 5.37. The Morgan fingerprint density at radius 2 is 1.65 bits per heavy atom. The van der Waals surface area contributed by atoms with Gasteiger partial charge in [0.05, 0.1) is 6.16 Å². The fourth-order valence-corrected chi connectivity index (χ4v) is 3.35. The molecule has 0 aromatic carbocycles. The maximum absolute atomic E-state index is 11.8. The molecule has 0 amide bonds. The minimum Gasteiger partial charge on any atom is -0.312 e. The maximum atomic E-state index is 11.8. The standard InChI is InChI=1S/C12H27O3PS/c1-4-5-6-7-8-9-12(17)10-11-16(13,14-2)15-3/h12,17H,4-11H2,1-3H3. The van der Waals surface area contributed by atoms with Crippen LogP contribution in [0.2, 0.25) is 0 Å². The van der Waals surface area contributed by atoms with E-state index in [9.17, 15) is 4.57 Å². The summed E-state index contributed by atoms with van der Waals surface area (Å²) >= 11 is 4.51. The van der Waals surface area contributed by atoms with Crippen molar-refractivity contribution in [2.45, 2.75) is 57.1 Å². The zero-order valence-electron chi connectivity index (χ0n) is 11.4. The first-order chi connectivity index (χ1) is 8.08. The third kappa shape index (κ3) is 9.12. The second-order valence-corrected chi connectivity index (χ2v) is 7.47. The van der Waals surface area contributed by atoms with Crippen LogP contribution in [0.4, 0.5) is 0 Å². The van der Waals surface area contributed by atoms with Gasteiger partial charge in [-0.2, -0.15) is 12.6 Å².